The van der Waals surface area contributed by atoms with Gasteiger partial charge in [-0.3, -0.25) is 14.2 Å². The van der Waals surface area contributed by atoms with Crippen molar-refractivity contribution in [1.82, 2.24) is 24.6 Å². The number of nitrogens with one attached hydrogen (secondary N) is 1. The van der Waals surface area contributed by atoms with E-state index >= 15 is 0 Å². The number of rotatable bonds is 6. The molecule has 0 unspecified atom stereocenters. The fourth-order valence-electron chi connectivity index (χ4n) is 3.08. The van der Waals surface area contributed by atoms with E-state index in [9.17, 15) is 14.0 Å². The van der Waals surface area contributed by atoms with Gasteiger partial charge in [0.1, 0.15) is 17.5 Å². The number of hydrogen-bond acceptors (Lipinski definition) is 4. The number of carbonyl (C=O) groups excluding carboxylic acids is 1. The Morgan fingerprint density at radius 3 is 2.67 bits per heavy atom. The van der Waals surface area contributed by atoms with Gasteiger partial charge in [0.05, 0.1) is 24.8 Å². The smallest absolute Gasteiger partial charge is 0.264 e. The van der Waals surface area contributed by atoms with Crippen LogP contribution in [0.2, 0.25) is 5.02 Å². The van der Waals surface area contributed by atoms with Gasteiger partial charge in [0.15, 0.2) is 5.65 Å². The zero-order chi connectivity index (χ0) is 21.1. The predicted octanol–water partition coefficient (Wildman–Crippen LogP) is 2.86. The van der Waals surface area contributed by atoms with Crippen molar-refractivity contribution in [2.75, 3.05) is 6.54 Å². The van der Waals surface area contributed by atoms with E-state index in [0.29, 0.717) is 22.6 Å². The summed E-state index contributed by atoms with van der Waals surface area (Å²) in [6.45, 7) is 0.861. The van der Waals surface area contributed by atoms with E-state index in [0.717, 1.165) is 5.56 Å². The Kier molecular flexibility index (Phi) is 5.58. The molecule has 0 fully saturated rings. The van der Waals surface area contributed by atoms with E-state index < -0.39 is 11.7 Å². The molecule has 0 saturated heterocycles. The highest BCUT2D eigenvalue weighted by Gasteiger charge is 2.12. The molecule has 0 aliphatic rings. The Labute approximate surface area is 175 Å². The van der Waals surface area contributed by atoms with Crippen LogP contribution in [0, 0.1) is 5.82 Å². The summed E-state index contributed by atoms with van der Waals surface area (Å²) in [7, 11) is 0. The Bertz CT molecular complexity index is 1270. The van der Waals surface area contributed by atoms with Crippen molar-refractivity contribution in [2.24, 2.45) is 0 Å². The molecule has 30 heavy (non-hydrogen) atoms. The van der Waals surface area contributed by atoms with Crippen LogP contribution in [0.15, 0.2) is 65.8 Å². The van der Waals surface area contributed by atoms with Gasteiger partial charge >= 0.3 is 0 Å². The second-order valence-corrected chi connectivity index (χ2v) is 7.08. The van der Waals surface area contributed by atoms with E-state index in [1.54, 1.807) is 18.2 Å². The summed E-state index contributed by atoms with van der Waals surface area (Å²) in [6.07, 6.45) is 2.93. The lowest BCUT2D eigenvalue weighted by atomic mass is 10.2. The molecule has 1 N–H and O–H groups in total. The minimum atomic E-state index is -0.581. The van der Waals surface area contributed by atoms with Gasteiger partial charge < -0.3 is 5.32 Å². The normalized spacial score (nSPS) is 11.0. The number of aromatic nitrogens is 4. The molecular formula is C21H17ClFN5O2. The quantitative estimate of drug-likeness (QED) is 0.515. The zero-order valence-corrected chi connectivity index (χ0v) is 16.5. The van der Waals surface area contributed by atoms with E-state index in [1.165, 1.54) is 40.0 Å². The fourth-order valence-corrected chi connectivity index (χ4v) is 3.20. The first-order valence-corrected chi connectivity index (χ1v) is 9.59. The summed E-state index contributed by atoms with van der Waals surface area (Å²) in [4.78, 5) is 29.2. The molecule has 1 amide bonds. The highest BCUT2D eigenvalue weighted by molar-refractivity contribution is 6.30. The Morgan fingerprint density at radius 2 is 1.90 bits per heavy atom. The molecule has 152 valence electrons. The molecule has 0 bridgehead atoms. The van der Waals surface area contributed by atoms with Crippen LogP contribution in [0.4, 0.5) is 4.39 Å². The molecular weight excluding hydrogens is 409 g/mol. The number of fused-ring (bicyclic) bond motifs is 1. The second-order valence-electron chi connectivity index (χ2n) is 6.64. The topological polar surface area (TPSA) is 81.8 Å². The predicted molar refractivity (Wildman–Crippen MR) is 111 cm³/mol. The summed E-state index contributed by atoms with van der Waals surface area (Å²) < 4.78 is 16.7. The van der Waals surface area contributed by atoms with Crippen molar-refractivity contribution in [3.8, 4) is 0 Å². The van der Waals surface area contributed by atoms with Crippen LogP contribution in [-0.4, -0.2) is 31.8 Å². The number of benzene rings is 2. The third-order valence-corrected chi connectivity index (χ3v) is 4.87. The average Bonchev–Trinajstić information content (AvgIpc) is 3.15. The maximum atomic E-state index is 13.7. The largest absolute Gasteiger partial charge is 0.350 e. The van der Waals surface area contributed by atoms with E-state index in [1.807, 2.05) is 12.1 Å². The minimum absolute atomic E-state index is 0.0222. The highest BCUT2D eigenvalue weighted by atomic mass is 35.5. The van der Waals surface area contributed by atoms with Gasteiger partial charge in [-0.25, -0.2) is 14.1 Å². The van der Waals surface area contributed by atoms with Gasteiger partial charge in [-0.1, -0.05) is 35.9 Å². The molecule has 2 aromatic heterocycles. The second kappa shape index (κ2) is 8.46. The maximum absolute atomic E-state index is 13.7. The van der Waals surface area contributed by atoms with Crippen molar-refractivity contribution in [3.63, 3.8) is 0 Å². The number of hydrogen-bond donors (Lipinski definition) is 1. The lowest BCUT2D eigenvalue weighted by Gasteiger charge is -2.08. The number of halogens is 2. The van der Waals surface area contributed by atoms with Gasteiger partial charge in [-0.2, -0.15) is 5.10 Å². The standard InChI is InChI=1S/C21H17ClFN5O2/c22-15-7-5-14(6-8-15)12-27-13-25-19-17(21(27)30)11-26-28(19)10-9-24-20(29)16-3-1-2-4-18(16)23/h1-8,11,13H,9-10,12H2,(H,24,29). The lowest BCUT2D eigenvalue weighted by molar-refractivity contribution is 0.0948. The van der Waals surface area contributed by atoms with Gasteiger partial charge in [-0.05, 0) is 29.8 Å². The Balaban J connectivity index is 1.46. The molecule has 0 saturated carbocycles. The lowest BCUT2D eigenvalue weighted by Crippen LogP contribution is -2.28. The van der Waals surface area contributed by atoms with Gasteiger partial charge in [0.2, 0.25) is 0 Å². The average molecular weight is 426 g/mol. The van der Waals surface area contributed by atoms with E-state index in [-0.39, 0.29) is 24.2 Å². The Hall–Kier alpha value is -3.52. The first-order valence-electron chi connectivity index (χ1n) is 9.21. The highest BCUT2D eigenvalue weighted by Crippen LogP contribution is 2.11. The molecule has 2 aromatic carbocycles. The van der Waals surface area contributed by atoms with Gasteiger partial charge in [-0.15, -0.1) is 0 Å². The van der Waals surface area contributed by atoms with E-state index in [4.69, 9.17) is 11.6 Å². The third-order valence-electron chi connectivity index (χ3n) is 4.62. The molecule has 4 rings (SSSR count). The minimum Gasteiger partial charge on any atom is -0.350 e. The van der Waals surface area contributed by atoms with Gasteiger partial charge in [0.25, 0.3) is 11.5 Å². The summed E-state index contributed by atoms with van der Waals surface area (Å²) in [6, 6.07) is 13.0. The Morgan fingerprint density at radius 1 is 1.13 bits per heavy atom. The van der Waals surface area contributed by atoms with Crippen molar-refractivity contribution < 1.29 is 9.18 Å². The number of nitrogens with zero attached hydrogens (tertiary/aromatic N) is 4. The van der Waals surface area contributed by atoms with Crippen LogP contribution in [0.25, 0.3) is 11.0 Å². The van der Waals surface area contributed by atoms with Gasteiger partial charge in [0, 0.05) is 11.6 Å². The summed E-state index contributed by atoms with van der Waals surface area (Å²) in [5.41, 5.74) is 1.11. The van der Waals surface area contributed by atoms with Crippen molar-refractivity contribution in [3.05, 3.63) is 93.4 Å². The first kappa shape index (κ1) is 19.8. The SMILES string of the molecule is O=C(NCCn1ncc2c(=O)n(Cc3ccc(Cl)cc3)cnc21)c1ccccc1F. The van der Waals surface area contributed by atoms with E-state index in [2.05, 4.69) is 15.4 Å². The van der Waals surface area contributed by atoms with Crippen LogP contribution in [-0.2, 0) is 13.1 Å². The third kappa shape index (κ3) is 4.08. The first-order chi connectivity index (χ1) is 14.5. The molecule has 9 heteroatoms. The van der Waals surface area contributed by atoms with Crippen molar-refractivity contribution in [1.29, 1.82) is 0 Å². The zero-order valence-electron chi connectivity index (χ0n) is 15.8. The summed E-state index contributed by atoms with van der Waals surface area (Å²) >= 11 is 5.89. The van der Waals surface area contributed by atoms with Crippen molar-refractivity contribution >= 4 is 28.5 Å². The molecule has 0 spiro atoms. The monoisotopic (exact) mass is 425 g/mol. The molecule has 4 aromatic rings. The number of amides is 1. The van der Waals surface area contributed by atoms with Crippen LogP contribution in [0.1, 0.15) is 15.9 Å². The van der Waals surface area contributed by atoms with Crippen LogP contribution < -0.4 is 10.9 Å². The molecule has 0 radical (unpaired) electrons. The van der Waals surface area contributed by atoms with Crippen LogP contribution in [0.3, 0.4) is 0 Å². The fraction of sp³-hybridized carbons (Fsp3) is 0.143. The maximum Gasteiger partial charge on any atom is 0.264 e. The molecule has 2 heterocycles. The molecule has 0 atom stereocenters. The molecule has 7 nitrogen and oxygen atoms in total. The molecule has 0 aliphatic carbocycles. The van der Waals surface area contributed by atoms with Crippen LogP contribution >= 0.6 is 11.6 Å². The van der Waals surface area contributed by atoms with Crippen molar-refractivity contribution in [2.45, 2.75) is 13.1 Å². The molecule has 0 aliphatic heterocycles. The summed E-state index contributed by atoms with van der Waals surface area (Å²) in [5, 5.41) is 7.85. The summed E-state index contributed by atoms with van der Waals surface area (Å²) in [5.74, 6) is -1.09. The van der Waals surface area contributed by atoms with Crippen LogP contribution in [0.5, 0.6) is 0 Å². The number of carbonyl (C=O) groups is 1.